The number of carbonyl (C=O) groups is 1. The second-order valence-electron chi connectivity index (χ2n) is 11.4. The summed E-state index contributed by atoms with van der Waals surface area (Å²) in [5.74, 6) is 2.57. The van der Waals surface area contributed by atoms with E-state index in [9.17, 15) is 9.90 Å². The largest absolute Gasteiger partial charge is 0.481 e. The van der Waals surface area contributed by atoms with Crippen molar-refractivity contribution in [1.29, 1.82) is 0 Å². The Morgan fingerprint density at radius 3 is 1.67 bits per heavy atom. The minimum absolute atomic E-state index is 0.0871. The van der Waals surface area contributed by atoms with E-state index >= 15 is 0 Å². The Labute approximate surface area is 144 Å². The highest BCUT2D eigenvalue weighted by Gasteiger charge is 2.70. The maximum absolute atomic E-state index is 12.3. The van der Waals surface area contributed by atoms with Gasteiger partial charge in [-0.1, -0.05) is 0 Å². The highest BCUT2D eigenvalue weighted by atomic mass is 16.4. The number of hydrogen-bond donors (Lipinski definition) is 2. The second-order valence-corrected chi connectivity index (χ2v) is 11.4. The monoisotopic (exact) mass is 329 g/mol. The number of rotatable bonds is 2. The van der Waals surface area contributed by atoms with Gasteiger partial charge in [-0.25, -0.2) is 0 Å². The van der Waals surface area contributed by atoms with Crippen molar-refractivity contribution in [1.82, 2.24) is 0 Å². The third kappa shape index (κ3) is 1.61. The molecule has 3 N–H and O–H groups in total. The summed E-state index contributed by atoms with van der Waals surface area (Å²) >= 11 is 0. The molecule has 8 bridgehead atoms. The van der Waals surface area contributed by atoms with Crippen LogP contribution < -0.4 is 5.73 Å². The van der Waals surface area contributed by atoms with Gasteiger partial charge < -0.3 is 10.8 Å². The third-order valence-electron chi connectivity index (χ3n) is 9.75. The average molecular weight is 329 g/mol. The molecule has 0 aromatic rings. The van der Waals surface area contributed by atoms with Crippen molar-refractivity contribution in [3.8, 4) is 0 Å². The maximum Gasteiger partial charge on any atom is 0.309 e. The molecule has 0 heterocycles. The molecule has 132 valence electrons. The van der Waals surface area contributed by atoms with E-state index in [1.54, 1.807) is 0 Å². The summed E-state index contributed by atoms with van der Waals surface area (Å²) in [7, 11) is 0. The molecule has 0 aromatic heterocycles. The molecule has 0 radical (unpaired) electrons. The summed E-state index contributed by atoms with van der Waals surface area (Å²) in [5, 5.41) is 10.1. The van der Waals surface area contributed by atoms with Crippen LogP contribution in [0.1, 0.15) is 77.0 Å². The molecule has 0 saturated heterocycles. The van der Waals surface area contributed by atoms with Crippen LogP contribution in [0.4, 0.5) is 0 Å². The smallest absolute Gasteiger partial charge is 0.309 e. The number of carboxylic acid groups (broad SMARTS) is 1. The molecule has 0 aliphatic heterocycles. The van der Waals surface area contributed by atoms with E-state index in [1.165, 1.54) is 57.8 Å². The van der Waals surface area contributed by atoms with Crippen LogP contribution in [0.3, 0.4) is 0 Å². The van der Waals surface area contributed by atoms with Crippen molar-refractivity contribution in [2.24, 2.45) is 45.7 Å². The van der Waals surface area contributed by atoms with Gasteiger partial charge in [0.05, 0.1) is 5.41 Å². The molecule has 3 nitrogen and oxygen atoms in total. The van der Waals surface area contributed by atoms with Crippen molar-refractivity contribution < 1.29 is 9.90 Å². The van der Waals surface area contributed by atoms with Gasteiger partial charge in [-0.05, 0) is 112 Å². The first-order valence-electron chi connectivity index (χ1n) is 10.4. The van der Waals surface area contributed by atoms with E-state index in [1.807, 2.05) is 0 Å². The Balaban J connectivity index is 1.46. The Bertz CT molecular complexity index is 597. The van der Waals surface area contributed by atoms with Gasteiger partial charge in [-0.2, -0.15) is 0 Å². The Morgan fingerprint density at radius 1 is 0.750 bits per heavy atom. The van der Waals surface area contributed by atoms with E-state index in [2.05, 4.69) is 0 Å². The number of hydrogen-bond acceptors (Lipinski definition) is 2. The molecule has 0 amide bonds. The molecule has 8 rings (SSSR count). The number of nitrogens with two attached hydrogens (primary N) is 1. The van der Waals surface area contributed by atoms with Gasteiger partial charge in [0, 0.05) is 5.54 Å². The first kappa shape index (κ1) is 14.6. The highest BCUT2D eigenvalue weighted by molar-refractivity contribution is 5.75. The lowest BCUT2D eigenvalue weighted by Crippen LogP contribution is -2.68. The zero-order chi connectivity index (χ0) is 16.4. The van der Waals surface area contributed by atoms with Crippen LogP contribution in [-0.4, -0.2) is 16.6 Å². The van der Waals surface area contributed by atoms with Crippen LogP contribution >= 0.6 is 0 Å². The van der Waals surface area contributed by atoms with E-state index < -0.39 is 5.97 Å². The van der Waals surface area contributed by atoms with Crippen molar-refractivity contribution >= 4 is 5.97 Å². The van der Waals surface area contributed by atoms with Crippen LogP contribution in [0.15, 0.2) is 0 Å². The summed E-state index contributed by atoms with van der Waals surface area (Å²) in [5.41, 5.74) is 7.32. The molecule has 4 atom stereocenters. The van der Waals surface area contributed by atoms with Crippen LogP contribution in [0.5, 0.6) is 0 Å². The van der Waals surface area contributed by atoms with Gasteiger partial charge in [-0.3, -0.25) is 4.79 Å². The van der Waals surface area contributed by atoms with E-state index in [0.717, 1.165) is 31.1 Å². The standard InChI is InChI=1S/C21H31NO2/c22-21-9-15-2-16(10-21)8-20(7-15,12-21)19-5-13-1-14(6-19)4-18(3-13,11-19)17(23)24/h13-16H,1-12,22H2,(H,23,24). The van der Waals surface area contributed by atoms with Gasteiger partial charge in [0.2, 0.25) is 0 Å². The minimum Gasteiger partial charge on any atom is -0.481 e. The lowest BCUT2D eigenvalue weighted by atomic mass is 9.32. The van der Waals surface area contributed by atoms with Crippen molar-refractivity contribution in [3.05, 3.63) is 0 Å². The Hall–Kier alpha value is -0.570. The van der Waals surface area contributed by atoms with Crippen LogP contribution in [0.25, 0.3) is 0 Å². The van der Waals surface area contributed by atoms with Gasteiger partial charge in [0.15, 0.2) is 0 Å². The summed E-state index contributed by atoms with van der Waals surface area (Å²) in [6, 6.07) is 0. The average Bonchev–Trinajstić information content (AvgIpc) is 2.42. The molecule has 8 fully saturated rings. The predicted molar refractivity (Wildman–Crippen MR) is 91.2 cm³/mol. The molecule has 0 spiro atoms. The predicted octanol–water partition coefficient (Wildman–Crippen LogP) is 3.96. The van der Waals surface area contributed by atoms with E-state index in [-0.39, 0.29) is 11.0 Å². The Kier molecular flexibility index (Phi) is 2.46. The highest BCUT2D eigenvalue weighted by Crippen LogP contribution is 2.77. The minimum atomic E-state index is -0.479. The maximum atomic E-state index is 12.3. The first-order chi connectivity index (χ1) is 11.3. The summed E-state index contributed by atoms with van der Waals surface area (Å²) in [6.45, 7) is 0. The van der Waals surface area contributed by atoms with Gasteiger partial charge in [0.1, 0.15) is 0 Å². The van der Waals surface area contributed by atoms with Crippen molar-refractivity contribution in [2.75, 3.05) is 0 Å². The van der Waals surface area contributed by atoms with Gasteiger partial charge >= 0.3 is 5.97 Å². The zero-order valence-corrected chi connectivity index (χ0v) is 14.7. The third-order valence-corrected chi connectivity index (χ3v) is 9.75. The molecule has 3 heteroatoms. The molecule has 8 aliphatic rings. The van der Waals surface area contributed by atoms with Crippen LogP contribution in [0.2, 0.25) is 0 Å². The summed E-state index contributed by atoms with van der Waals surface area (Å²) in [6.07, 6.45) is 14.8. The molecular weight excluding hydrogens is 298 g/mol. The molecule has 0 aromatic carbocycles. The molecule has 24 heavy (non-hydrogen) atoms. The molecule has 8 aliphatic carbocycles. The molecular formula is C21H31NO2. The number of carboxylic acids is 1. The summed E-state index contributed by atoms with van der Waals surface area (Å²) < 4.78 is 0. The molecule has 8 saturated carbocycles. The number of aliphatic carboxylic acids is 1. The quantitative estimate of drug-likeness (QED) is 0.806. The Morgan fingerprint density at radius 2 is 1.21 bits per heavy atom. The van der Waals surface area contributed by atoms with E-state index in [0.29, 0.717) is 22.7 Å². The SMILES string of the molecule is NC12CC3CC(C1)CC(C14CC5CC(CC(C(=O)O)(C5)C1)C4)(C3)C2. The van der Waals surface area contributed by atoms with Crippen molar-refractivity contribution in [2.45, 2.75) is 82.6 Å². The second kappa shape index (κ2) is 4.05. The van der Waals surface area contributed by atoms with Crippen LogP contribution in [-0.2, 0) is 4.79 Å². The zero-order valence-electron chi connectivity index (χ0n) is 14.7. The summed E-state index contributed by atoms with van der Waals surface area (Å²) in [4.78, 5) is 12.3. The fraction of sp³-hybridized carbons (Fsp3) is 0.952. The van der Waals surface area contributed by atoms with E-state index in [4.69, 9.17) is 5.73 Å². The fourth-order valence-electron chi connectivity index (χ4n) is 10.1. The van der Waals surface area contributed by atoms with Crippen LogP contribution in [0, 0.1) is 39.9 Å². The lowest BCUT2D eigenvalue weighted by Gasteiger charge is -2.73. The fourth-order valence-corrected chi connectivity index (χ4v) is 10.1. The van der Waals surface area contributed by atoms with Gasteiger partial charge in [-0.15, -0.1) is 0 Å². The lowest BCUT2D eigenvalue weighted by molar-refractivity contribution is -0.228. The molecule has 4 unspecified atom stereocenters. The van der Waals surface area contributed by atoms with Gasteiger partial charge in [0.25, 0.3) is 0 Å². The topological polar surface area (TPSA) is 63.3 Å². The van der Waals surface area contributed by atoms with Crippen molar-refractivity contribution in [3.63, 3.8) is 0 Å². The first-order valence-corrected chi connectivity index (χ1v) is 10.4. The normalized spacial score (nSPS) is 63.0.